The maximum atomic E-state index is 13.3. The number of halogens is 3. The van der Waals surface area contributed by atoms with Crippen molar-refractivity contribution in [2.45, 2.75) is 11.8 Å². The van der Waals surface area contributed by atoms with Gasteiger partial charge in [0.05, 0.1) is 10.6 Å². The monoisotopic (exact) mass is 545 g/mol. The third kappa shape index (κ3) is 3.91. The first-order valence-corrected chi connectivity index (χ1v) is 10.5. The molecule has 0 bridgehead atoms. The van der Waals surface area contributed by atoms with Crippen molar-refractivity contribution in [2.24, 2.45) is 0 Å². The van der Waals surface area contributed by atoms with Crippen LogP contribution in [-0.2, 0) is 10.0 Å². The summed E-state index contributed by atoms with van der Waals surface area (Å²) >= 11 is 4.09. The van der Waals surface area contributed by atoms with E-state index in [1.165, 1.54) is 22.5 Å². The summed E-state index contributed by atoms with van der Waals surface area (Å²) in [6.07, 6.45) is 0. The molecule has 0 radical (unpaired) electrons. The van der Waals surface area contributed by atoms with Crippen LogP contribution in [0.2, 0.25) is 0 Å². The van der Waals surface area contributed by atoms with Crippen molar-refractivity contribution in [1.29, 1.82) is 0 Å². The van der Waals surface area contributed by atoms with Crippen LogP contribution in [0, 0.1) is 16.3 Å². The van der Waals surface area contributed by atoms with E-state index in [1.807, 2.05) is 29.5 Å². The van der Waals surface area contributed by atoms with Crippen LogP contribution in [0.25, 0.3) is 0 Å². The Labute approximate surface area is 157 Å². The van der Waals surface area contributed by atoms with Gasteiger partial charge in [0.1, 0.15) is 5.82 Å². The third-order valence-corrected chi connectivity index (χ3v) is 6.25. The second-order valence-electron chi connectivity index (χ2n) is 4.67. The molecule has 0 N–H and O–H groups in total. The fraction of sp³-hybridized carbons (Fsp3) is 0.200. The van der Waals surface area contributed by atoms with Gasteiger partial charge >= 0.3 is 0 Å². The summed E-state index contributed by atoms with van der Waals surface area (Å²) in [6.45, 7) is 2.24. The number of hydrogen-bond donors (Lipinski definition) is 0. The molecular weight excluding hydrogens is 531 g/mol. The van der Waals surface area contributed by atoms with Crippen molar-refractivity contribution in [3.8, 4) is 0 Å². The number of rotatable bonds is 5. The Bertz CT molecular complexity index is 764. The van der Waals surface area contributed by atoms with Gasteiger partial charge in [-0.3, -0.25) is 4.31 Å². The van der Waals surface area contributed by atoms with E-state index in [2.05, 4.69) is 22.6 Å². The molecule has 0 aliphatic rings. The smallest absolute Gasteiger partial charge is 0.264 e. The molecule has 0 saturated carbocycles. The van der Waals surface area contributed by atoms with Gasteiger partial charge in [-0.05, 0) is 59.8 Å². The lowest BCUT2D eigenvalue weighted by molar-refractivity contribution is 0.591. The van der Waals surface area contributed by atoms with E-state index in [4.69, 9.17) is 0 Å². The van der Waals surface area contributed by atoms with Crippen LogP contribution in [0.15, 0.2) is 47.4 Å². The van der Waals surface area contributed by atoms with E-state index < -0.39 is 10.0 Å². The van der Waals surface area contributed by atoms with Crippen molar-refractivity contribution in [3.05, 3.63) is 57.4 Å². The van der Waals surface area contributed by atoms with E-state index in [0.717, 1.165) is 5.56 Å². The van der Waals surface area contributed by atoms with Crippen molar-refractivity contribution < 1.29 is 12.8 Å². The second-order valence-corrected chi connectivity index (χ2v) is 8.78. The van der Waals surface area contributed by atoms with Crippen molar-refractivity contribution in [3.63, 3.8) is 0 Å². The van der Waals surface area contributed by atoms with Crippen molar-refractivity contribution in [1.82, 2.24) is 0 Å². The molecule has 0 heterocycles. The fourth-order valence-corrected chi connectivity index (χ4v) is 5.19. The van der Waals surface area contributed by atoms with Gasteiger partial charge in [-0.15, -0.1) is 0 Å². The minimum absolute atomic E-state index is 0.239. The minimum Gasteiger partial charge on any atom is -0.264 e. The highest BCUT2D eigenvalue weighted by atomic mass is 127. The zero-order chi connectivity index (χ0) is 16.3. The third-order valence-electron chi connectivity index (χ3n) is 3.08. The highest BCUT2D eigenvalue weighted by Crippen LogP contribution is 2.29. The lowest BCUT2D eigenvalue weighted by atomic mass is 10.2. The minimum atomic E-state index is -3.67. The van der Waals surface area contributed by atoms with Crippen LogP contribution in [-0.4, -0.2) is 19.4 Å². The van der Waals surface area contributed by atoms with Crippen LogP contribution < -0.4 is 4.31 Å². The van der Waals surface area contributed by atoms with Crippen LogP contribution in [0.1, 0.15) is 5.56 Å². The van der Waals surface area contributed by atoms with E-state index in [9.17, 15) is 12.8 Å². The highest BCUT2D eigenvalue weighted by molar-refractivity contribution is 14.1. The zero-order valence-corrected chi connectivity index (χ0v) is 16.9. The number of benzene rings is 2. The quantitative estimate of drug-likeness (QED) is 0.414. The first-order chi connectivity index (χ1) is 10.4. The van der Waals surface area contributed by atoms with Crippen molar-refractivity contribution >= 4 is 60.9 Å². The average Bonchev–Trinajstić information content (AvgIpc) is 2.46. The number of sulfonamides is 1. The molecule has 0 saturated heterocycles. The lowest BCUT2D eigenvalue weighted by Crippen LogP contribution is -2.33. The van der Waals surface area contributed by atoms with Gasteiger partial charge in [-0.25, -0.2) is 12.8 Å². The summed E-state index contributed by atoms with van der Waals surface area (Å²) in [5.41, 5.74) is 1.50. The molecule has 2 aromatic rings. The van der Waals surface area contributed by atoms with Crippen LogP contribution in [0.5, 0.6) is 0 Å². The number of alkyl halides is 1. The molecule has 0 unspecified atom stereocenters. The van der Waals surface area contributed by atoms with E-state index in [0.29, 0.717) is 20.2 Å². The maximum Gasteiger partial charge on any atom is 0.264 e. The maximum absolute atomic E-state index is 13.3. The Hall–Kier alpha value is -0.420. The summed E-state index contributed by atoms with van der Waals surface area (Å²) in [4.78, 5) is 0.239. The molecule has 0 aliphatic carbocycles. The summed E-state index contributed by atoms with van der Waals surface area (Å²) in [6, 6.07) is 10.9. The first-order valence-electron chi connectivity index (χ1n) is 6.46. The highest BCUT2D eigenvalue weighted by Gasteiger charge is 2.26. The van der Waals surface area contributed by atoms with Gasteiger partial charge in [0.25, 0.3) is 10.0 Å². The van der Waals surface area contributed by atoms with Gasteiger partial charge < -0.3 is 0 Å². The first kappa shape index (κ1) is 17.9. The Morgan fingerprint density at radius 1 is 1.14 bits per heavy atom. The summed E-state index contributed by atoms with van der Waals surface area (Å²) < 4.78 is 41.6. The topological polar surface area (TPSA) is 37.4 Å². The molecule has 2 aromatic carbocycles. The predicted octanol–water partition coefficient (Wildman–Crippen LogP) is 4.37. The second kappa shape index (κ2) is 7.43. The van der Waals surface area contributed by atoms with Crippen LogP contribution >= 0.6 is 45.2 Å². The zero-order valence-electron chi connectivity index (χ0n) is 11.8. The van der Waals surface area contributed by atoms with Crippen molar-refractivity contribution in [2.75, 3.05) is 15.3 Å². The molecule has 3 nitrogen and oxygen atoms in total. The molecule has 0 aliphatic heterocycles. The van der Waals surface area contributed by atoms with Gasteiger partial charge in [0, 0.05) is 14.5 Å². The SMILES string of the molecule is Cc1ccc(S(=O)(=O)N(CCI)c2ccc(F)cc2I)cc1. The molecule has 0 fully saturated rings. The standard InChI is InChI=1S/C15H14FI2NO2S/c1-11-2-5-13(6-3-11)22(20,21)19(9-8-17)15-7-4-12(16)10-14(15)18/h2-7,10H,8-9H2,1H3. The Morgan fingerprint density at radius 3 is 2.32 bits per heavy atom. The summed E-state index contributed by atoms with van der Waals surface area (Å²) in [5, 5.41) is 0. The summed E-state index contributed by atoms with van der Waals surface area (Å²) in [7, 11) is -3.67. The van der Waals surface area contributed by atoms with Gasteiger partial charge in [-0.1, -0.05) is 40.3 Å². The van der Waals surface area contributed by atoms with Crippen LogP contribution in [0.3, 0.4) is 0 Å². The largest absolute Gasteiger partial charge is 0.264 e. The average molecular weight is 545 g/mol. The summed E-state index contributed by atoms with van der Waals surface area (Å²) in [5.74, 6) is -0.379. The Balaban J connectivity index is 2.53. The molecule has 0 aromatic heterocycles. The fourth-order valence-electron chi connectivity index (χ4n) is 1.97. The molecule has 118 valence electrons. The molecule has 0 spiro atoms. The molecule has 7 heteroatoms. The molecular formula is C15H14FI2NO2S. The number of aryl methyl sites for hydroxylation is 1. The van der Waals surface area contributed by atoms with Gasteiger partial charge in [0.2, 0.25) is 0 Å². The molecule has 22 heavy (non-hydrogen) atoms. The number of anilines is 1. The molecule has 0 atom stereocenters. The predicted molar refractivity (Wildman–Crippen MR) is 104 cm³/mol. The van der Waals surface area contributed by atoms with E-state index in [-0.39, 0.29) is 10.7 Å². The molecule has 0 amide bonds. The van der Waals surface area contributed by atoms with E-state index in [1.54, 1.807) is 24.3 Å². The Morgan fingerprint density at radius 2 is 1.77 bits per heavy atom. The molecule has 2 rings (SSSR count). The number of hydrogen-bond acceptors (Lipinski definition) is 2. The van der Waals surface area contributed by atoms with Gasteiger partial charge in [0.15, 0.2) is 0 Å². The van der Waals surface area contributed by atoms with Crippen LogP contribution in [0.4, 0.5) is 10.1 Å². The lowest BCUT2D eigenvalue weighted by Gasteiger charge is -2.25. The van der Waals surface area contributed by atoms with Gasteiger partial charge in [-0.2, -0.15) is 0 Å². The Kier molecular flexibility index (Phi) is 6.06. The number of nitrogens with zero attached hydrogens (tertiary/aromatic N) is 1. The normalized spacial score (nSPS) is 11.5. The van der Waals surface area contributed by atoms with E-state index >= 15 is 0 Å².